The summed E-state index contributed by atoms with van der Waals surface area (Å²) >= 11 is 0. The number of hydrogen-bond donors (Lipinski definition) is 1. The molecule has 1 aromatic rings. The van der Waals surface area contributed by atoms with Gasteiger partial charge >= 0.3 is 0 Å². The molecule has 1 rings (SSSR count). The fourth-order valence-corrected chi connectivity index (χ4v) is 1.52. The van der Waals surface area contributed by atoms with Gasteiger partial charge in [0.05, 0.1) is 0 Å². The van der Waals surface area contributed by atoms with Gasteiger partial charge in [0.15, 0.2) is 11.6 Å². The third-order valence-electron chi connectivity index (χ3n) is 3.20. The third kappa shape index (κ3) is 3.73. The van der Waals surface area contributed by atoms with E-state index in [0.717, 1.165) is 12.5 Å². The van der Waals surface area contributed by atoms with Gasteiger partial charge in [-0.15, -0.1) is 0 Å². The molecule has 0 bridgehead atoms. The van der Waals surface area contributed by atoms with Gasteiger partial charge < -0.3 is 5.32 Å². The van der Waals surface area contributed by atoms with Crippen LogP contribution in [0.5, 0.6) is 0 Å². The normalized spacial score (nSPS) is 14.7. The molecule has 1 nitrogen and oxygen atoms in total. The topological polar surface area (TPSA) is 12.0 Å². The molecule has 1 N–H and O–H groups in total. The second-order valence-corrected chi connectivity index (χ2v) is 4.41. The minimum atomic E-state index is -1.15. The highest BCUT2D eigenvalue weighted by Crippen LogP contribution is 2.14. The number of benzene rings is 1. The SMILES string of the molecule is CCC(C)C(C)NCc1cc(F)c(F)cc1F. The van der Waals surface area contributed by atoms with Crippen LogP contribution in [0.4, 0.5) is 13.2 Å². The fraction of sp³-hybridized carbons (Fsp3) is 0.538. The summed E-state index contributed by atoms with van der Waals surface area (Å²) in [6.45, 7) is 6.35. The standard InChI is InChI=1S/C13H18F3N/c1-4-8(2)9(3)17-7-10-5-12(15)13(16)6-11(10)14/h5-6,8-9,17H,4,7H2,1-3H3. The zero-order valence-electron chi connectivity index (χ0n) is 10.4. The smallest absolute Gasteiger partial charge is 0.161 e. The third-order valence-corrected chi connectivity index (χ3v) is 3.20. The molecule has 0 aliphatic heterocycles. The van der Waals surface area contributed by atoms with Gasteiger partial charge in [-0.2, -0.15) is 0 Å². The van der Waals surface area contributed by atoms with E-state index in [1.807, 2.05) is 6.92 Å². The highest BCUT2D eigenvalue weighted by molar-refractivity contribution is 5.20. The van der Waals surface area contributed by atoms with Gasteiger partial charge in [-0.05, 0) is 18.9 Å². The maximum atomic E-state index is 13.3. The van der Waals surface area contributed by atoms with Crippen LogP contribution in [-0.4, -0.2) is 6.04 Å². The predicted octanol–water partition coefficient (Wildman–Crippen LogP) is 3.63. The van der Waals surface area contributed by atoms with Crippen LogP contribution in [0.25, 0.3) is 0 Å². The molecule has 0 fully saturated rings. The molecule has 0 saturated heterocycles. The molecule has 1 aromatic carbocycles. The van der Waals surface area contributed by atoms with Gasteiger partial charge in [-0.25, -0.2) is 13.2 Å². The highest BCUT2D eigenvalue weighted by atomic mass is 19.2. The Balaban J connectivity index is 2.66. The van der Waals surface area contributed by atoms with E-state index in [9.17, 15) is 13.2 Å². The molecule has 2 unspecified atom stereocenters. The van der Waals surface area contributed by atoms with Crippen molar-refractivity contribution in [2.75, 3.05) is 0 Å². The maximum absolute atomic E-state index is 13.3. The molecular formula is C13H18F3N. The molecular weight excluding hydrogens is 227 g/mol. The Kier molecular flexibility index (Phi) is 5.00. The van der Waals surface area contributed by atoms with E-state index in [0.29, 0.717) is 12.0 Å². The van der Waals surface area contributed by atoms with Crippen molar-refractivity contribution in [1.29, 1.82) is 0 Å². The van der Waals surface area contributed by atoms with E-state index in [2.05, 4.69) is 19.2 Å². The van der Waals surface area contributed by atoms with Crippen LogP contribution < -0.4 is 5.32 Å². The Hall–Kier alpha value is -1.03. The summed E-state index contributed by atoms with van der Waals surface area (Å²) in [7, 11) is 0. The summed E-state index contributed by atoms with van der Waals surface area (Å²) in [5.74, 6) is -2.43. The largest absolute Gasteiger partial charge is 0.310 e. The first-order chi connectivity index (χ1) is 7.95. The quantitative estimate of drug-likeness (QED) is 0.781. The molecule has 0 radical (unpaired) electrons. The van der Waals surface area contributed by atoms with Gasteiger partial charge in [-0.3, -0.25) is 0 Å². The fourth-order valence-electron chi connectivity index (χ4n) is 1.52. The lowest BCUT2D eigenvalue weighted by atomic mass is 10.0. The predicted molar refractivity (Wildman–Crippen MR) is 62.1 cm³/mol. The van der Waals surface area contributed by atoms with Gasteiger partial charge in [0.1, 0.15) is 5.82 Å². The molecule has 0 aliphatic rings. The van der Waals surface area contributed by atoms with Crippen LogP contribution >= 0.6 is 0 Å². The maximum Gasteiger partial charge on any atom is 0.161 e. The molecule has 0 aliphatic carbocycles. The van der Waals surface area contributed by atoms with E-state index < -0.39 is 17.5 Å². The first-order valence-electron chi connectivity index (χ1n) is 5.82. The minimum Gasteiger partial charge on any atom is -0.310 e. The molecule has 0 amide bonds. The van der Waals surface area contributed by atoms with E-state index in [-0.39, 0.29) is 18.2 Å². The zero-order chi connectivity index (χ0) is 13.0. The molecule has 0 spiro atoms. The first-order valence-corrected chi connectivity index (χ1v) is 5.82. The van der Waals surface area contributed by atoms with Crippen LogP contribution in [0.3, 0.4) is 0 Å². The van der Waals surface area contributed by atoms with Gasteiger partial charge in [0.25, 0.3) is 0 Å². The van der Waals surface area contributed by atoms with Gasteiger partial charge in [0.2, 0.25) is 0 Å². The average molecular weight is 245 g/mol. The van der Waals surface area contributed by atoms with Crippen LogP contribution in [-0.2, 0) is 6.54 Å². The van der Waals surface area contributed by atoms with Crippen LogP contribution in [0.1, 0.15) is 32.8 Å². The van der Waals surface area contributed by atoms with E-state index in [4.69, 9.17) is 0 Å². The average Bonchev–Trinajstić information content (AvgIpc) is 2.30. The highest BCUT2D eigenvalue weighted by Gasteiger charge is 2.13. The van der Waals surface area contributed by atoms with E-state index in [1.54, 1.807) is 0 Å². The lowest BCUT2D eigenvalue weighted by Crippen LogP contribution is -2.31. The lowest BCUT2D eigenvalue weighted by molar-refractivity contribution is 0.385. The summed E-state index contributed by atoms with van der Waals surface area (Å²) < 4.78 is 39.0. The van der Waals surface area contributed by atoms with E-state index in [1.165, 1.54) is 0 Å². The summed E-state index contributed by atoms with van der Waals surface area (Å²) in [6.07, 6.45) is 1.01. The van der Waals surface area contributed by atoms with Crippen LogP contribution in [0, 0.1) is 23.4 Å². The van der Waals surface area contributed by atoms with Crippen molar-refractivity contribution in [1.82, 2.24) is 5.32 Å². The van der Waals surface area contributed by atoms with E-state index >= 15 is 0 Å². The monoisotopic (exact) mass is 245 g/mol. The summed E-state index contributed by atoms with van der Waals surface area (Å²) in [6, 6.07) is 1.69. The Morgan fingerprint density at radius 2 is 1.65 bits per heavy atom. The first kappa shape index (κ1) is 14.0. The summed E-state index contributed by atoms with van der Waals surface area (Å²) in [5, 5.41) is 3.11. The number of hydrogen-bond acceptors (Lipinski definition) is 1. The van der Waals surface area contributed by atoms with Crippen LogP contribution in [0.2, 0.25) is 0 Å². The van der Waals surface area contributed by atoms with Crippen molar-refractivity contribution in [3.8, 4) is 0 Å². The van der Waals surface area contributed by atoms with Crippen molar-refractivity contribution < 1.29 is 13.2 Å². The second kappa shape index (κ2) is 6.05. The summed E-state index contributed by atoms with van der Waals surface area (Å²) in [5.41, 5.74) is 0.152. The molecule has 4 heteroatoms. The molecule has 2 atom stereocenters. The summed E-state index contributed by atoms with van der Waals surface area (Å²) in [4.78, 5) is 0. The van der Waals surface area contributed by atoms with Crippen molar-refractivity contribution >= 4 is 0 Å². The van der Waals surface area contributed by atoms with Crippen molar-refractivity contribution in [2.45, 2.75) is 39.8 Å². The molecule has 0 aromatic heterocycles. The Bertz CT molecular complexity index is 379. The van der Waals surface area contributed by atoms with Gasteiger partial charge in [-0.1, -0.05) is 20.3 Å². The second-order valence-electron chi connectivity index (χ2n) is 4.41. The number of rotatable bonds is 5. The Morgan fingerprint density at radius 3 is 2.24 bits per heavy atom. The Morgan fingerprint density at radius 1 is 1.06 bits per heavy atom. The number of halogens is 3. The zero-order valence-corrected chi connectivity index (χ0v) is 10.4. The Labute approximate surface area is 100 Å². The molecule has 0 heterocycles. The minimum absolute atomic E-state index is 0.152. The van der Waals surface area contributed by atoms with Gasteiger partial charge in [0, 0.05) is 24.2 Å². The molecule has 17 heavy (non-hydrogen) atoms. The number of nitrogens with one attached hydrogen (secondary N) is 1. The van der Waals surface area contributed by atoms with Crippen LogP contribution in [0.15, 0.2) is 12.1 Å². The molecule has 96 valence electrons. The molecule has 0 saturated carbocycles. The van der Waals surface area contributed by atoms with Crippen molar-refractivity contribution in [3.05, 3.63) is 35.1 Å². The lowest BCUT2D eigenvalue weighted by Gasteiger charge is -2.20. The van der Waals surface area contributed by atoms with Crippen molar-refractivity contribution in [3.63, 3.8) is 0 Å². The van der Waals surface area contributed by atoms with Crippen molar-refractivity contribution in [2.24, 2.45) is 5.92 Å².